The van der Waals surface area contributed by atoms with Crippen LogP contribution in [0.1, 0.15) is 36.8 Å². The quantitative estimate of drug-likeness (QED) is 0.899. The van der Waals surface area contributed by atoms with Gasteiger partial charge in [-0.25, -0.2) is 0 Å². The first kappa shape index (κ1) is 16.1. The van der Waals surface area contributed by atoms with Gasteiger partial charge in [0.25, 0.3) is 0 Å². The third-order valence-electron chi connectivity index (χ3n) is 4.03. The summed E-state index contributed by atoms with van der Waals surface area (Å²) in [7, 11) is 1.56. The molecule has 0 heterocycles. The normalized spacial score (nSPS) is 18.0. The average Bonchev–Trinajstić information content (AvgIpc) is 2.83. The van der Waals surface area contributed by atoms with Gasteiger partial charge in [-0.2, -0.15) is 13.2 Å². The topological polar surface area (TPSA) is 43.7 Å². The maximum absolute atomic E-state index is 13.2. The van der Waals surface area contributed by atoms with Gasteiger partial charge in [-0.15, -0.1) is 0 Å². The summed E-state index contributed by atoms with van der Waals surface area (Å²) in [4.78, 5) is 1.45. The third kappa shape index (κ3) is 3.68. The van der Waals surface area contributed by atoms with Gasteiger partial charge in [-0.1, -0.05) is 18.9 Å². The molecule has 1 fully saturated rings. The first-order valence-electron chi connectivity index (χ1n) is 7.00. The summed E-state index contributed by atoms with van der Waals surface area (Å²) in [6.07, 6.45) is -1.45. The standard InChI is InChI=1S/C15H20F3NO2/c1-19(10-14(21)6-2-3-7-14)13-5-4-11(9-20)8-12(13)15(16,17)18/h4-5,8,20-21H,2-3,6-7,9-10H2,1H3. The highest BCUT2D eigenvalue weighted by Crippen LogP contribution is 2.38. The lowest BCUT2D eigenvalue weighted by molar-refractivity contribution is -0.137. The van der Waals surface area contributed by atoms with Gasteiger partial charge in [0.15, 0.2) is 0 Å². The van der Waals surface area contributed by atoms with Crippen LogP contribution in [0.25, 0.3) is 0 Å². The molecule has 1 saturated carbocycles. The van der Waals surface area contributed by atoms with Gasteiger partial charge >= 0.3 is 6.18 Å². The monoisotopic (exact) mass is 303 g/mol. The molecule has 0 amide bonds. The van der Waals surface area contributed by atoms with E-state index in [-0.39, 0.29) is 17.8 Å². The fraction of sp³-hybridized carbons (Fsp3) is 0.600. The number of hydrogen-bond acceptors (Lipinski definition) is 3. The Bertz CT molecular complexity index is 496. The van der Waals surface area contributed by atoms with Gasteiger partial charge in [-0.3, -0.25) is 0 Å². The second-order valence-corrected chi connectivity index (χ2v) is 5.79. The molecule has 0 radical (unpaired) electrons. The highest BCUT2D eigenvalue weighted by atomic mass is 19.4. The number of rotatable bonds is 4. The molecule has 1 aliphatic rings. The van der Waals surface area contributed by atoms with Crippen LogP contribution < -0.4 is 4.90 Å². The summed E-state index contributed by atoms with van der Waals surface area (Å²) >= 11 is 0. The number of benzene rings is 1. The number of anilines is 1. The number of nitrogens with zero attached hydrogens (tertiary/aromatic N) is 1. The molecule has 1 aromatic rings. The maximum Gasteiger partial charge on any atom is 0.418 e. The number of aliphatic hydroxyl groups is 2. The minimum atomic E-state index is -4.49. The van der Waals surface area contributed by atoms with Gasteiger partial charge in [0.2, 0.25) is 0 Å². The first-order valence-corrected chi connectivity index (χ1v) is 7.00. The van der Waals surface area contributed by atoms with Crippen molar-refractivity contribution >= 4 is 5.69 Å². The Balaban J connectivity index is 2.29. The number of alkyl halides is 3. The Morgan fingerprint density at radius 3 is 2.38 bits per heavy atom. The van der Waals surface area contributed by atoms with Crippen molar-refractivity contribution in [2.24, 2.45) is 0 Å². The van der Waals surface area contributed by atoms with Crippen molar-refractivity contribution in [3.05, 3.63) is 29.3 Å². The molecule has 0 aliphatic heterocycles. The Morgan fingerprint density at radius 1 is 1.24 bits per heavy atom. The van der Waals surface area contributed by atoms with E-state index in [0.717, 1.165) is 18.9 Å². The zero-order valence-corrected chi connectivity index (χ0v) is 12.0. The highest BCUT2D eigenvalue weighted by Gasteiger charge is 2.37. The van der Waals surface area contributed by atoms with Crippen molar-refractivity contribution in [3.63, 3.8) is 0 Å². The summed E-state index contributed by atoms with van der Waals surface area (Å²) < 4.78 is 39.5. The number of hydrogen-bond donors (Lipinski definition) is 2. The van der Waals surface area contributed by atoms with E-state index in [2.05, 4.69) is 0 Å². The Kier molecular flexibility index (Phi) is 4.49. The van der Waals surface area contributed by atoms with Crippen LogP contribution in [0.3, 0.4) is 0 Å². The van der Waals surface area contributed by atoms with E-state index in [1.807, 2.05) is 0 Å². The van der Waals surface area contributed by atoms with Crippen LogP contribution in [0.2, 0.25) is 0 Å². The van der Waals surface area contributed by atoms with E-state index < -0.39 is 23.9 Å². The molecule has 0 bridgehead atoms. The van der Waals surface area contributed by atoms with E-state index in [1.54, 1.807) is 7.05 Å². The van der Waals surface area contributed by atoms with Crippen molar-refractivity contribution in [3.8, 4) is 0 Å². The lowest BCUT2D eigenvalue weighted by Gasteiger charge is -2.31. The summed E-state index contributed by atoms with van der Waals surface area (Å²) in [5, 5.41) is 19.4. The molecular formula is C15H20F3NO2. The smallest absolute Gasteiger partial charge is 0.392 e. The molecule has 0 saturated heterocycles. The predicted molar refractivity (Wildman–Crippen MR) is 74.1 cm³/mol. The first-order chi connectivity index (χ1) is 9.75. The number of halogens is 3. The second kappa shape index (κ2) is 5.85. The van der Waals surface area contributed by atoms with Crippen LogP contribution in [0.5, 0.6) is 0 Å². The van der Waals surface area contributed by atoms with E-state index in [0.29, 0.717) is 12.8 Å². The molecule has 118 valence electrons. The van der Waals surface area contributed by atoms with Crippen molar-refractivity contribution in [2.75, 3.05) is 18.5 Å². The van der Waals surface area contributed by atoms with Gasteiger partial charge in [0.1, 0.15) is 0 Å². The van der Waals surface area contributed by atoms with E-state index in [9.17, 15) is 18.3 Å². The second-order valence-electron chi connectivity index (χ2n) is 5.79. The lowest BCUT2D eigenvalue weighted by Crippen LogP contribution is -2.39. The molecular weight excluding hydrogens is 283 g/mol. The predicted octanol–water partition coefficient (Wildman–Crippen LogP) is 2.94. The van der Waals surface area contributed by atoms with E-state index >= 15 is 0 Å². The third-order valence-corrected chi connectivity index (χ3v) is 4.03. The van der Waals surface area contributed by atoms with Crippen molar-refractivity contribution in [1.82, 2.24) is 0 Å². The van der Waals surface area contributed by atoms with Crippen molar-refractivity contribution < 1.29 is 23.4 Å². The fourth-order valence-corrected chi connectivity index (χ4v) is 2.96. The number of likely N-dealkylation sites (N-methyl/N-ethyl adjacent to an activating group) is 1. The van der Waals surface area contributed by atoms with Crippen LogP contribution >= 0.6 is 0 Å². The van der Waals surface area contributed by atoms with Crippen LogP contribution in [-0.4, -0.2) is 29.4 Å². The molecule has 21 heavy (non-hydrogen) atoms. The molecule has 1 aromatic carbocycles. The number of aliphatic hydroxyl groups excluding tert-OH is 1. The summed E-state index contributed by atoms with van der Waals surface area (Å²) in [5.41, 5.74) is -1.44. The molecule has 1 aliphatic carbocycles. The van der Waals surface area contributed by atoms with Gasteiger partial charge in [-0.05, 0) is 30.5 Å². The lowest BCUT2D eigenvalue weighted by atomic mass is 10.0. The molecule has 0 atom stereocenters. The van der Waals surface area contributed by atoms with Gasteiger partial charge in [0.05, 0.1) is 17.8 Å². The molecule has 2 rings (SSSR count). The molecule has 0 aromatic heterocycles. The molecule has 6 heteroatoms. The maximum atomic E-state index is 13.2. The summed E-state index contributed by atoms with van der Waals surface area (Å²) in [6.45, 7) is -0.258. The van der Waals surface area contributed by atoms with Crippen LogP contribution in [0.4, 0.5) is 18.9 Å². The zero-order chi connectivity index (χ0) is 15.7. The Labute approximate surface area is 122 Å². The minimum Gasteiger partial charge on any atom is -0.392 e. The van der Waals surface area contributed by atoms with E-state index in [1.165, 1.54) is 17.0 Å². The van der Waals surface area contributed by atoms with Crippen LogP contribution in [-0.2, 0) is 12.8 Å². The van der Waals surface area contributed by atoms with Gasteiger partial charge in [0, 0.05) is 19.3 Å². The summed E-state index contributed by atoms with van der Waals surface area (Å²) in [6, 6.07) is 3.79. The van der Waals surface area contributed by atoms with Crippen molar-refractivity contribution in [1.29, 1.82) is 0 Å². The Morgan fingerprint density at radius 2 is 1.86 bits per heavy atom. The SMILES string of the molecule is CN(CC1(O)CCCC1)c1ccc(CO)cc1C(F)(F)F. The van der Waals surface area contributed by atoms with Gasteiger partial charge < -0.3 is 15.1 Å². The van der Waals surface area contributed by atoms with E-state index in [4.69, 9.17) is 5.11 Å². The average molecular weight is 303 g/mol. The van der Waals surface area contributed by atoms with Crippen LogP contribution in [0, 0.1) is 0 Å². The molecule has 0 unspecified atom stereocenters. The summed E-state index contributed by atoms with van der Waals surface area (Å²) in [5.74, 6) is 0. The Hall–Kier alpha value is -1.27. The molecule has 0 spiro atoms. The van der Waals surface area contributed by atoms with Crippen LogP contribution in [0.15, 0.2) is 18.2 Å². The molecule has 2 N–H and O–H groups in total. The largest absolute Gasteiger partial charge is 0.418 e. The van der Waals surface area contributed by atoms with Crippen molar-refractivity contribution in [2.45, 2.75) is 44.1 Å². The highest BCUT2D eigenvalue weighted by molar-refractivity contribution is 5.56. The molecule has 3 nitrogen and oxygen atoms in total. The minimum absolute atomic E-state index is 0.0278. The zero-order valence-electron chi connectivity index (χ0n) is 12.0. The fourth-order valence-electron chi connectivity index (χ4n) is 2.96.